The van der Waals surface area contributed by atoms with Crippen LogP contribution in [0.5, 0.6) is 5.75 Å². The van der Waals surface area contributed by atoms with Gasteiger partial charge in [0.15, 0.2) is 0 Å². The maximum Gasteiger partial charge on any atom is 0.118 e. The number of nitrogens with one attached hydrogen (secondary N) is 1. The number of hydrogen-bond donors (Lipinski definition) is 1. The van der Waals surface area contributed by atoms with E-state index in [2.05, 4.69) is 29.6 Å². The zero-order chi connectivity index (χ0) is 14.3. The van der Waals surface area contributed by atoms with E-state index in [9.17, 15) is 0 Å². The van der Waals surface area contributed by atoms with Crippen LogP contribution in [0.25, 0.3) is 0 Å². The molecule has 2 aliphatic carbocycles. The summed E-state index contributed by atoms with van der Waals surface area (Å²) in [4.78, 5) is 0. The molecule has 0 spiro atoms. The van der Waals surface area contributed by atoms with Gasteiger partial charge in [0.25, 0.3) is 0 Å². The molecular weight excluding hydrogens is 258 g/mol. The van der Waals surface area contributed by atoms with Crippen molar-refractivity contribution in [1.29, 1.82) is 0 Å². The van der Waals surface area contributed by atoms with Crippen LogP contribution in [0.3, 0.4) is 0 Å². The van der Waals surface area contributed by atoms with Gasteiger partial charge in [-0.1, -0.05) is 23.3 Å². The lowest BCUT2D eigenvalue weighted by Crippen LogP contribution is -2.45. The normalized spacial score (nSPS) is 27.2. The van der Waals surface area contributed by atoms with Crippen LogP contribution in [0.4, 0.5) is 0 Å². The van der Waals surface area contributed by atoms with Crippen molar-refractivity contribution in [2.75, 3.05) is 13.7 Å². The van der Waals surface area contributed by atoms with Gasteiger partial charge in [-0.3, -0.25) is 0 Å². The van der Waals surface area contributed by atoms with Crippen molar-refractivity contribution in [3.8, 4) is 5.75 Å². The molecule has 3 aliphatic rings. The zero-order valence-corrected chi connectivity index (χ0v) is 13.0. The van der Waals surface area contributed by atoms with Gasteiger partial charge in [-0.2, -0.15) is 0 Å². The summed E-state index contributed by atoms with van der Waals surface area (Å²) in [6.07, 6.45) is 9.40. The second kappa shape index (κ2) is 5.17. The van der Waals surface area contributed by atoms with Crippen molar-refractivity contribution in [3.05, 3.63) is 41.0 Å². The summed E-state index contributed by atoms with van der Waals surface area (Å²) in [6, 6.07) is 9.40. The first-order chi connectivity index (χ1) is 10.3. The Kier molecular flexibility index (Phi) is 3.30. The molecule has 1 heterocycles. The number of hydrogen-bond acceptors (Lipinski definition) is 2. The highest BCUT2D eigenvalue weighted by atomic mass is 16.5. The van der Waals surface area contributed by atoms with Crippen molar-refractivity contribution in [3.63, 3.8) is 0 Å². The van der Waals surface area contributed by atoms with Crippen molar-refractivity contribution in [1.82, 2.24) is 5.32 Å². The van der Waals surface area contributed by atoms with E-state index >= 15 is 0 Å². The first-order valence-corrected chi connectivity index (χ1v) is 8.42. The van der Waals surface area contributed by atoms with Crippen LogP contribution in [0.1, 0.15) is 50.5 Å². The van der Waals surface area contributed by atoms with Gasteiger partial charge >= 0.3 is 0 Å². The Morgan fingerprint density at radius 1 is 1.05 bits per heavy atom. The predicted octanol–water partition coefficient (Wildman–Crippen LogP) is 3.96. The Morgan fingerprint density at radius 2 is 1.81 bits per heavy atom. The molecule has 4 rings (SSSR count). The summed E-state index contributed by atoms with van der Waals surface area (Å²) in [7, 11) is 1.74. The third kappa shape index (κ3) is 2.20. The molecule has 1 aromatic carbocycles. The molecule has 2 heteroatoms. The minimum atomic E-state index is 0.366. The summed E-state index contributed by atoms with van der Waals surface area (Å²) in [6.45, 7) is 1.17. The predicted molar refractivity (Wildman–Crippen MR) is 85.8 cm³/mol. The summed E-state index contributed by atoms with van der Waals surface area (Å²) in [5, 5.41) is 3.86. The highest BCUT2D eigenvalue weighted by molar-refractivity contribution is 5.43. The molecule has 1 fully saturated rings. The Hall–Kier alpha value is -1.28. The number of benzene rings is 1. The minimum absolute atomic E-state index is 0.366. The van der Waals surface area contributed by atoms with Crippen LogP contribution in [-0.2, 0) is 5.41 Å². The summed E-state index contributed by atoms with van der Waals surface area (Å²) in [5.74, 6) is 0.962. The van der Waals surface area contributed by atoms with Crippen molar-refractivity contribution in [2.24, 2.45) is 0 Å². The SMILES string of the molecule is COc1ccc(C2([C@H]3NCCC4=C3CCCC4)CC2)cc1. The molecular formula is C19H25NO. The van der Waals surface area contributed by atoms with Crippen LogP contribution >= 0.6 is 0 Å². The van der Waals surface area contributed by atoms with E-state index in [1.807, 2.05) is 0 Å². The smallest absolute Gasteiger partial charge is 0.118 e. The average Bonchev–Trinajstić information content (AvgIpc) is 3.36. The lowest BCUT2D eigenvalue weighted by molar-refractivity contribution is 0.404. The average molecular weight is 283 g/mol. The summed E-state index contributed by atoms with van der Waals surface area (Å²) < 4.78 is 5.31. The van der Waals surface area contributed by atoms with Crippen molar-refractivity contribution in [2.45, 2.75) is 56.4 Å². The standard InChI is InChI=1S/C19H25NO/c1-21-16-8-6-15(7-9-16)19(11-12-19)18-17-5-3-2-4-14(17)10-13-20-18/h6-9,18,20H,2-5,10-13H2,1H3/t18-/m0/s1. The van der Waals surface area contributed by atoms with Gasteiger partial charge in [-0.25, -0.2) is 0 Å². The van der Waals surface area contributed by atoms with Crippen LogP contribution in [0.2, 0.25) is 0 Å². The van der Waals surface area contributed by atoms with Crippen LogP contribution in [0, 0.1) is 0 Å². The topological polar surface area (TPSA) is 21.3 Å². The molecule has 0 bridgehead atoms. The van der Waals surface area contributed by atoms with Gasteiger partial charge in [0.1, 0.15) is 5.75 Å². The molecule has 0 amide bonds. The van der Waals surface area contributed by atoms with Gasteiger partial charge in [-0.15, -0.1) is 0 Å². The van der Waals surface area contributed by atoms with Crippen LogP contribution < -0.4 is 10.1 Å². The lowest BCUT2D eigenvalue weighted by atomic mass is 9.75. The van der Waals surface area contributed by atoms with Crippen molar-refractivity contribution < 1.29 is 4.74 Å². The fourth-order valence-electron chi connectivity index (χ4n) is 4.45. The van der Waals surface area contributed by atoms with Gasteiger partial charge in [0, 0.05) is 11.5 Å². The fourth-order valence-corrected chi connectivity index (χ4v) is 4.45. The number of rotatable bonds is 3. The summed E-state index contributed by atoms with van der Waals surface area (Å²) >= 11 is 0. The maximum absolute atomic E-state index is 5.31. The van der Waals surface area contributed by atoms with E-state index in [1.54, 1.807) is 18.3 Å². The van der Waals surface area contributed by atoms with E-state index in [4.69, 9.17) is 4.74 Å². The number of methoxy groups -OCH3 is 1. The van der Waals surface area contributed by atoms with Gasteiger partial charge in [0.05, 0.1) is 7.11 Å². The van der Waals surface area contributed by atoms with Crippen LogP contribution in [0.15, 0.2) is 35.4 Å². The van der Waals surface area contributed by atoms with E-state index in [-0.39, 0.29) is 0 Å². The Balaban J connectivity index is 1.67. The second-order valence-corrected chi connectivity index (χ2v) is 6.86. The highest BCUT2D eigenvalue weighted by Gasteiger charge is 2.52. The van der Waals surface area contributed by atoms with Crippen molar-refractivity contribution >= 4 is 0 Å². The molecule has 1 N–H and O–H groups in total. The third-order valence-corrected chi connectivity index (χ3v) is 5.76. The first kappa shape index (κ1) is 13.4. The quantitative estimate of drug-likeness (QED) is 0.848. The molecule has 1 aromatic rings. The molecule has 0 radical (unpaired) electrons. The van der Waals surface area contributed by atoms with Gasteiger partial charge in [-0.05, 0) is 69.2 Å². The van der Waals surface area contributed by atoms with E-state index in [0.717, 1.165) is 5.75 Å². The third-order valence-electron chi connectivity index (χ3n) is 5.76. The fraction of sp³-hybridized carbons (Fsp3) is 0.579. The number of ether oxygens (including phenoxy) is 1. The minimum Gasteiger partial charge on any atom is -0.497 e. The zero-order valence-electron chi connectivity index (χ0n) is 13.0. The molecule has 2 nitrogen and oxygen atoms in total. The largest absolute Gasteiger partial charge is 0.497 e. The second-order valence-electron chi connectivity index (χ2n) is 6.86. The Bertz CT molecular complexity index is 549. The van der Waals surface area contributed by atoms with E-state index in [0.29, 0.717) is 11.5 Å². The van der Waals surface area contributed by atoms with E-state index < -0.39 is 0 Å². The molecule has 1 atom stereocenters. The lowest BCUT2D eigenvalue weighted by Gasteiger charge is -2.38. The molecule has 112 valence electrons. The maximum atomic E-state index is 5.31. The van der Waals surface area contributed by atoms with Crippen LogP contribution in [-0.4, -0.2) is 19.7 Å². The first-order valence-electron chi connectivity index (χ1n) is 8.42. The molecule has 21 heavy (non-hydrogen) atoms. The molecule has 0 saturated heterocycles. The molecule has 0 unspecified atom stereocenters. The van der Waals surface area contributed by atoms with Gasteiger partial charge < -0.3 is 10.1 Å². The monoisotopic (exact) mass is 283 g/mol. The molecule has 1 saturated carbocycles. The van der Waals surface area contributed by atoms with E-state index in [1.165, 1.54) is 57.1 Å². The Labute approximate surface area is 127 Å². The summed E-state index contributed by atoms with van der Waals surface area (Å²) in [5.41, 5.74) is 5.41. The van der Waals surface area contributed by atoms with Gasteiger partial charge in [0.2, 0.25) is 0 Å². The molecule has 0 aromatic heterocycles. The molecule has 1 aliphatic heterocycles. The Morgan fingerprint density at radius 3 is 2.52 bits per heavy atom. The highest BCUT2D eigenvalue weighted by Crippen LogP contribution is 2.55.